The van der Waals surface area contributed by atoms with E-state index in [9.17, 15) is 9.59 Å². The van der Waals surface area contributed by atoms with E-state index in [2.05, 4.69) is 22.3 Å². The van der Waals surface area contributed by atoms with E-state index in [1.165, 1.54) is 5.56 Å². The lowest BCUT2D eigenvalue weighted by Crippen LogP contribution is -2.61. The summed E-state index contributed by atoms with van der Waals surface area (Å²) in [6.45, 7) is 3.46. The van der Waals surface area contributed by atoms with E-state index >= 15 is 0 Å². The maximum absolute atomic E-state index is 14.2. The monoisotopic (exact) mass is 547 g/mol. The Morgan fingerprint density at radius 2 is 1.66 bits per heavy atom. The van der Waals surface area contributed by atoms with Gasteiger partial charge in [-0.2, -0.15) is 0 Å². The van der Waals surface area contributed by atoms with E-state index in [1.54, 1.807) is 12.1 Å². The molecule has 38 heavy (non-hydrogen) atoms. The number of carbonyl (C=O) groups is 2. The van der Waals surface area contributed by atoms with Gasteiger partial charge in [-0.05, 0) is 73.2 Å². The third-order valence-corrected chi connectivity index (χ3v) is 9.04. The highest BCUT2D eigenvalue weighted by Gasteiger charge is 2.50. The molecule has 0 saturated carbocycles. The summed E-state index contributed by atoms with van der Waals surface area (Å²) in [6, 6.07) is 22.6. The number of nitrogens with zero attached hydrogens (tertiary/aromatic N) is 2. The minimum atomic E-state index is -0.589. The van der Waals surface area contributed by atoms with Crippen molar-refractivity contribution in [2.45, 2.75) is 37.3 Å². The first-order valence-electron chi connectivity index (χ1n) is 13.4. The Hall–Kier alpha value is -2.86. The molecule has 4 aliphatic rings. The van der Waals surface area contributed by atoms with Crippen molar-refractivity contribution >= 4 is 35.0 Å². The number of hydrogen-bond donors (Lipinski definition) is 1. The molecule has 0 radical (unpaired) electrons. The molecule has 1 N–H and O–H groups in total. The minimum absolute atomic E-state index is 0.0229. The summed E-state index contributed by atoms with van der Waals surface area (Å²) >= 11 is 13.1. The van der Waals surface area contributed by atoms with Gasteiger partial charge in [-0.1, -0.05) is 77.8 Å². The van der Waals surface area contributed by atoms with E-state index in [-0.39, 0.29) is 17.9 Å². The number of halogens is 2. The van der Waals surface area contributed by atoms with Crippen molar-refractivity contribution in [3.63, 3.8) is 0 Å². The quantitative estimate of drug-likeness (QED) is 0.429. The number of hydrogen-bond acceptors (Lipinski definition) is 3. The maximum atomic E-state index is 14.2. The van der Waals surface area contributed by atoms with Crippen LogP contribution in [0.25, 0.3) is 0 Å². The predicted octanol–water partition coefficient (Wildman–Crippen LogP) is 5.73. The van der Waals surface area contributed by atoms with Gasteiger partial charge in [0.1, 0.15) is 0 Å². The van der Waals surface area contributed by atoms with E-state index in [1.807, 2.05) is 53.4 Å². The van der Waals surface area contributed by atoms with Crippen LogP contribution in [0.2, 0.25) is 10.0 Å². The highest BCUT2D eigenvalue weighted by atomic mass is 35.5. The zero-order chi connectivity index (χ0) is 26.2. The maximum Gasteiger partial charge on any atom is 0.255 e. The normalized spacial score (nSPS) is 26.2. The zero-order valence-electron chi connectivity index (χ0n) is 21.2. The van der Waals surface area contributed by atoms with Crippen LogP contribution in [0.3, 0.4) is 0 Å². The van der Waals surface area contributed by atoms with Crippen molar-refractivity contribution in [3.8, 4) is 0 Å². The Balaban J connectivity index is 1.42. The van der Waals surface area contributed by atoms with Gasteiger partial charge in [0, 0.05) is 34.7 Å². The highest BCUT2D eigenvalue weighted by Crippen LogP contribution is 2.48. The Morgan fingerprint density at radius 3 is 2.37 bits per heavy atom. The number of fused-ring (bicyclic) bond motifs is 4. The molecular formula is C31H31Cl2N3O2. The fourth-order valence-electron chi connectivity index (χ4n) is 6.61. The highest BCUT2D eigenvalue weighted by molar-refractivity contribution is 6.35. The lowest BCUT2D eigenvalue weighted by atomic mass is 9.75. The van der Waals surface area contributed by atoms with Crippen LogP contribution in [0.4, 0.5) is 0 Å². The summed E-state index contributed by atoms with van der Waals surface area (Å²) in [5, 5.41) is 4.19. The standard InChI is InChI=1S/C31H31Cl2N3O2/c32-22-10-11-25(26(33)18-22)29-28(30(37)34-15-12-20-6-2-1-3-7-20)23-8-4-5-9-24(23)31(38)36(29)27-19-35-16-13-21(27)14-17-35/h1-11,18,21,27-29H,12-17,19H2,(H,34,37)/t27-,28+,29-/m0/s1. The van der Waals surface area contributed by atoms with Gasteiger partial charge in [0.2, 0.25) is 5.91 Å². The van der Waals surface area contributed by atoms with Crippen LogP contribution in [-0.2, 0) is 11.2 Å². The third kappa shape index (κ3) is 4.72. The molecule has 0 spiro atoms. The van der Waals surface area contributed by atoms with Crippen LogP contribution in [0, 0.1) is 5.92 Å². The summed E-state index contributed by atoms with van der Waals surface area (Å²) in [5.74, 6) is -0.301. The number of amides is 2. The molecule has 4 heterocycles. The van der Waals surface area contributed by atoms with Crippen molar-refractivity contribution in [1.29, 1.82) is 0 Å². The van der Waals surface area contributed by atoms with E-state index < -0.39 is 12.0 Å². The molecular weight excluding hydrogens is 517 g/mol. The molecule has 0 unspecified atom stereocenters. The number of piperidine rings is 3. The summed E-state index contributed by atoms with van der Waals surface area (Å²) in [7, 11) is 0. The fourth-order valence-corrected chi connectivity index (χ4v) is 7.13. The molecule has 3 atom stereocenters. The molecule has 2 amide bonds. The van der Waals surface area contributed by atoms with E-state index in [4.69, 9.17) is 23.2 Å². The molecule has 3 fully saturated rings. The van der Waals surface area contributed by atoms with Crippen LogP contribution in [0.15, 0.2) is 72.8 Å². The van der Waals surface area contributed by atoms with Crippen molar-refractivity contribution in [2.24, 2.45) is 5.92 Å². The first-order valence-corrected chi connectivity index (χ1v) is 14.2. The van der Waals surface area contributed by atoms with Gasteiger partial charge in [-0.15, -0.1) is 0 Å². The lowest BCUT2D eigenvalue weighted by Gasteiger charge is -2.53. The number of carbonyl (C=O) groups excluding carboxylic acids is 2. The van der Waals surface area contributed by atoms with Gasteiger partial charge in [-0.3, -0.25) is 9.59 Å². The van der Waals surface area contributed by atoms with Crippen molar-refractivity contribution in [3.05, 3.63) is 105 Å². The molecule has 3 aromatic carbocycles. The van der Waals surface area contributed by atoms with Crippen LogP contribution in [-0.4, -0.2) is 53.8 Å². The SMILES string of the molecule is O=C(NCCc1ccccc1)[C@@H]1c2ccccc2C(=O)N([C@H]2CN3CCC2CC3)[C@H]1c1ccc(Cl)cc1Cl. The Kier molecular flexibility index (Phi) is 7.17. The second-order valence-corrected chi connectivity index (χ2v) is 11.5. The smallest absolute Gasteiger partial charge is 0.255 e. The van der Waals surface area contributed by atoms with Crippen LogP contribution in [0.1, 0.15) is 51.8 Å². The second-order valence-electron chi connectivity index (χ2n) is 10.6. The third-order valence-electron chi connectivity index (χ3n) is 8.47. The van der Waals surface area contributed by atoms with Gasteiger partial charge in [0.05, 0.1) is 12.0 Å². The Bertz CT molecular complexity index is 1340. The molecule has 3 saturated heterocycles. The first kappa shape index (κ1) is 25.4. The fraction of sp³-hybridized carbons (Fsp3) is 0.355. The van der Waals surface area contributed by atoms with Gasteiger partial charge < -0.3 is 15.1 Å². The van der Waals surface area contributed by atoms with E-state index in [0.29, 0.717) is 28.1 Å². The second kappa shape index (κ2) is 10.7. The van der Waals surface area contributed by atoms with Gasteiger partial charge in [0.15, 0.2) is 0 Å². The van der Waals surface area contributed by atoms with Crippen LogP contribution < -0.4 is 5.32 Å². The molecule has 7 heteroatoms. The number of rotatable bonds is 6. The summed E-state index contributed by atoms with van der Waals surface area (Å²) in [4.78, 5) is 32.7. The predicted molar refractivity (Wildman–Crippen MR) is 151 cm³/mol. The molecule has 2 bridgehead atoms. The van der Waals surface area contributed by atoms with Crippen molar-refractivity contribution in [1.82, 2.24) is 15.1 Å². The number of benzene rings is 3. The van der Waals surface area contributed by atoms with Gasteiger partial charge in [-0.25, -0.2) is 0 Å². The average molecular weight is 549 g/mol. The lowest BCUT2D eigenvalue weighted by molar-refractivity contribution is -0.125. The van der Waals surface area contributed by atoms with Crippen molar-refractivity contribution < 1.29 is 9.59 Å². The Labute approximate surface area is 233 Å². The molecule has 4 aliphatic heterocycles. The first-order chi connectivity index (χ1) is 18.5. The average Bonchev–Trinajstić information content (AvgIpc) is 2.94. The Morgan fingerprint density at radius 1 is 0.921 bits per heavy atom. The zero-order valence-corrected chi connectivity index (χ0v) is 22.7. The van der Waals surface area contributed by atoms with Crippen molar-refractivity contribution in [2.75, 3.05) is 26.2 Å². The molecule has 7 rings (SSSR count). The molecule has 3 aromatic rings. The summed E-state index contributed by atoms with van der Waals surface area (Å²) in [5.41, 5.74) is 3.29. The number of nitrogens with one attached hydrogen (secondary N) is 1. The van der Waals surface area contributed by atoms with Gasteiger partial charge >= 0.3 is 0 Å². The molecule has 5 nitrogen and oxygen atoms in total. The van der Waals surface area contributed by atoms with Crippen LogP contribution >= 0.6 is 23.2 Å². The minimum Gasteiger partial charge on any atom is -0.355 e. The molecule has 196 valence electrons. The largest absolute Gasteiger partial charge is 0.355 e. The van der Waals surface area contributed by atoms with Gasteiger partial charge in [0.25, 0.3) is 5.91 Å². The topological polar surface area (TPSA) is 52.7 Å². The van der Waals surface area contributed by atoms with E-state index in [0.717, 1.165) is 50.0 Å². The van der Waals surface area contributed by atoms with Crippen LogP contribution in [0.5, 0.6) is 0 Å². The molecule has 0 aliphatic carbocycles. The summed E-state index contributed by atoms with van der Waals surface area (Å²) < 4.78 is 0. The summed E-state index contributed by atoms with van der Waals surface area (Å²) in [6.07, 6.45) is 2.85. The molecule has 0 aromatic heterocycles.